The van der Waals surface area contributed by atoms with Crippen molar-refractivity contribution in [1.29, 1.82) is 0 Å². The number of benzene rings is 2. The number of hydrogen-bond donors (Lipinski definition) is 1. The van der Waals surface area contributed by atoms with Gasteiger partial charge in [0.2, 0.25) is 0 Å². The van der Waals surface area contributed by atoms with Gasteiger partial charge in [-0.05, 0) is 62.0 Å². The summed E-state index contributed by atoms with van der Waals surface area (Å²) in [5.74, 6) is 0. The molecule has 104 valence electrons. The molecule has 2 aromatic rings. The zero-order valence-corrected chi connectivity index (χ0v) is 13.9. The summed E-state index contributed by atoms with van der Waals surface area (Å²) < 4.78 is 1.49. The third-order valence-electron chi connectivity index (χ3n) is 2.85. The van der Waals surface area contributed by atoms with E-state index in [1.54, 1.807) is 6.07 Å². The summed E-state index contributed by atoms with van der Waals surface area (Å²) in [6.45, 7) is 2.52. The summed E-state index contributed by atoms with van der Waals surface area (Å²) in [5, 5.41) is 14.2. The van der Waals surface area contributed by atoms with Crippen molar-refractivity contribution in [2.45, 2.75) is 13.5 Å². The number of aryl methyl sites for hydroxylation is 1. The lowest BCUT2D eigenvalue weighted by Crippen LogP contribution is -2.02. The Hall–Kier alpha value is -1.40. The van der Waals surface area contributed by atoms with Crippen molar-refractivity contribution in [3.05, 3.63) is 66.6 Å². The first kappa shape index (κ1) is 15.0. The lowest BCUT2D eigenvalue weighted by atomic mass is 10.2. The van der Waals surface area contributed by atoms with Crippen LogP contribution in [-0.2, 0) is 6.54 Å². The first-order valence-corrected chi connectivity index (χ1v) is 7.49. The molecule has 6 heteroatoms. The second-order valence-electron chi connectivity index (χ2n) is 4.34. The fraction of sp³-hybridized carbons (Fsp3) is 0.143. The lowest BCUT2D eigenvalue weighted by Gasteiger charge is -2.10. The van der Waals surface area contributed by atoms with Crippen molar-refractivity contribution >= 4 is 43.2 Å². The Morgan fingerprint density at radius 3 is 2.65 bits per heavy atom. The SMILES string of the molecule is Cc1ccc(NCc2cccc([N+](=O)[O-])c2Br)c(Br)c1. The van der Waals surface area contributed by atoms with Crippen LogP contribution >= 0.6 is 31.9 Å². The Kier molecular flexibility index (Phi) is 4.77. The van der Waals surface area contributed by atoms with Gasteiger partial charge in [0.1, 0.15) is 4.47 Å². The highest BCUT2D eigenvalue weighted by Gasteiger charge is 2.14. The first-order valence-electron chi connectivity index (χ1n) is 5.91. The Labute approximate surface area is 133 Å². The van der Waals surface area contributed by atoms with E-state index < -0.39 is 4.92 Å². The van der Waals surface area contributed by atoms with Crippen LogP contribution in [-0.4, -0.2) is 4.92 Å². The van der Waals surface area contributed by atoms with Gasteiger partial charge in [0.25, 0.3) is 5.69 Å². The van der Waals surface area contributed by atoms with E-state index in [9.17, 15) is 10.1 Å². The van der Waals surface area contributed by atoms with Crippen LogP contribution in [0.1, 0.15) is 11.1 Å². The van der Waals surface area contributed by atoms with Crippen LogP contribution in [0.5, 0.6) is 0 Å². The standard InChI is InChI=1S/C14H12Br2N2O2/c1-9-5-6-12(11(15)7-9)17-8-10-3-2-4-13(14(10)16)18(19)20/h2-7,17H,8H2,1H3. The van der Waals surface area contributed by atoms with Gasteiger partial charge in [-0.3, -0.25) is 10.1 Å². The average Bonchev–Trinajstić information content (AvgIpc) is 2.39. The second-order valence-corrected chi connectivity index (χ2v) is 5.99. The molecule has 0 bridgehead atoms. The molecule has 0 spiro atoms. The molecule has 2 aromatic carbocycles. The van der Waals surface area contributed by atoms with E-state index >= 15 is 0 Å². The van der Waals surface area contributed by atoms with Crippen LogP contribution in [0, 0.1) is 17.0 Å². The van der Waals surface area contributed by atoms with Crippen LogP contribution in [0.3, 0.4) is 0 Å². The minimum Gasteiger partial charge on any atom is -0.380 e. The molecule has 0 heterocycles. The number of rotatable bonds is 4. The van der Waals surface area contributed by atoms with Gasteiger partial charge < -0.3 is 5.32 Å². The summed E-state index contributed by atoms with van der Waals surface area (Å²) >= 11 is 6.79. The van der Waals surface area contributed by atoms with Gasteiger partial charge in [-0.1, -0.05) is 18.2 Å². The number of nitrogens with zero attached hydrogens (tertiary/aromatic N) is 1. The van der Waals surface area contributed by atoms with E-state index in [1.807, 2.05) is 31.2 Å². The van der Waals surface area contributed by atoms with Gasteiger partial charge >= 0.3 is 0 Å². The minimum absolute atomic E-state index is 0.0762. The number of halogens is 2. The van der Waals surface area contributed by atoms with Crippen LogP contribution in [0.2, 0.25) is 0 Å². The maximum absolute atomic E-state index is 10.9. The molecule has 20 heavy (non-hydrogen) atoms. The van der Waals surface area contributed by atoms with Gasteiger partial charge in [-0.2, -0.15) is 0 Å². The Morgan fingerprint density at radius 1 is 1.25 bits per heavy atom. The molecule has 4 nitrogen and oxygen atoms in total. The third kappa shape index (κ3) is 3.37. The normalized spacial score (nSPS) is 10.3. The summed E-state index contributed by atoms with van der Waals surface area (Å²) in [6.07, 6.45) is 0. The summed E-state index contributed by atoms with van der Waals surface area (Å²) in [4.78, 5) is 10.5. The lowest BCUT2D eigenvalue weighted by molar-refractivity contribution is -0.385. The topological polar surface area (TPSA) is 55.2 Å². The highest BCUT2D eigenvalue weighted by molar-refractivity contribution is 9.11. The molecule has 0 radical (unpaired) electrons. The van der Waals surface area contributed by atoms with E-state index in [0.717, 1.165) is 15.7 Å². The molecule has 0 aliphatic carbocycles. The van der Waals surface area contributed by atoms with Crippen LogP contribution < -0.4 is 5.32 Å². The van der Waals surface area contributed by atoms with Gasteiger partial charge in [0, 0.05) is 22.8 Å². The van der Waals surface area contributed by atoms with Crippen LogP contribution in [0.15, 0.2) is 45.3 Å². The maximum Gasteiger partial charge on any atom is 0.283 e. The molecule has 2 rings (SSSR count). The van der Waals surface area contributed by atoms with E-state index in [4.69, 9.17) is 0 Å². The summed E-state index contributed by atoms with van der Waals surface area (Å²) in [5.41, 5.74) is 3.03. The van der Waals surface area contributed by atoms with E-state index in [2.05, 4.69) is 37.2 Å². The van der Waals surface area contributed by atoms with Gasteiger partial charge in [-0.15, -0.1) is 0 Å². The highest BCUT2D eigenvalue weighted by Crippen LogP contribution is 2.30. The van der Waals surface area contributed by atoms with Crippen molar-refractivity contribution < 1.29 is 4.92 Å². The van der Waals surface area contributed by atoms with Crippen molar-refractivity contribution in [1.82, 2.24) is 0 Å². The molecule has 0 unspecified atom stereocenters. The third-order valence-corrected chi connectivity index (χ3v) is 4.42. The van der Waals surface area contributed by atoms with Gasteiger partial charge in [0.15, 0.2) is 0 Å². The zero-order valence-electron chi connectivity index (χ0n) is 10.7. The van der Waals surface area contributed by atoms with Crippen LogP contribution in [0.25, 0.3) is 0 Å². The zero-order chi connectivity index (χ0) is 14.7. The highest BCUT2D eigenvalue weighted by atomic mass is 79.9. The fourth-order valence-electron chi connectivity index (χ4n) is 1.80. The quantitative estimate of drug-likeness (QED) is 0.578. The van der Waals surface area contributed by atoms with Gasteiger partial charge in [-0.25, -0.2) is 0 Å². The second kappa shape index (κ2) is 6.37. The molecular formula is C14H12Br2N2O2. The molecule has 0 saturated carbocycles. The Balaban J connectivity index is 2.19. The van der Waals surface area contributed by atoms with Gasteiger partial charge in [0.05, 0.1) is 4.92 Å². The summed E-state index contributed by atoms with van der Waals surface area (Å²) in [7, 11) is 0. The monoisotopic (exact) mass is 398 g/mol. The molecular weight excluding hydrogens is 388 g/mol. The van der Waals surface area contributed by atoms with Crippen molar-refractivity contribution in [3.63, 3.8) is 0 Å². The molecule has 0 aromatic heterocycles. The van der Waals surface area contributed by atoms with E-state index in [0.29, 0.717) is 11.0 Å². The number of hydrogen-bond acceptors (Lipinski definition) is 3. The number of nitrogens with one attached hydrogen (secondary N) is 1. The van der Waals surface area contributed by atoms with Crippen LogP contribution in [0.4, 0.5) is 11.4 Å². The van der Waals surface area contributed by atoms with Crippen molar-refractivity contribution in [2.75, 3.05) is 5.32 Å². The molecule has 0 amide bonds. The molecule has 0 saturated heterocycles. The number of anilines is 1. The minimum atomic E-state index is -0.393. The Bertz CT molecular complexity index is 660. The first-order chi connectivity index (χ1) is 9.49. The van der Waals surface area contributed by atoms with E-state index in [1.165, 1.54) is 11.6 Å². The smallest absolute Gasteiger partial charge is 0.283 e. The largest absolute Gasteiger partial charge is 0.380 e. The molecule has 0 aliphatic heterocycles. The molecule has 0 aliphatic rings. The number of nitro groups is 1. The molecule has 0 fully saturated rings. The van der Waals surface area contributed by atoms with Crippen molar-refractivity contribution in [2.24, 2.45) is 0 Å². The van der Waals surface area contributed by atoms with Crippen molar-refractivity contribution in [3.8, 4) is 0 Å². The molecule has 1 N–H and O–H groups in total. The Morgan fingerprint density at radius 2 is 2.00 bits per heavy atom. The molecule has 0 atom stereocenters. The number of nitro benzene ring substituents is 1. The predicted molar refractivity (Wildman–Crippen MR) is 87.0 cm³/mol. The fourth-order valence-corrected chi connectivity index (χ4v) is 2.98. The predicted octanol–water partition coefficient (Wildman–Crippen LogP) is 5.04. The maximum atomic E-state index is 10.9. The summed E-state index contributed by atoms with van der Waals surface area (Å²) in [6, 6.07) is 11.0. The average molecular weight is 400 g/mol. The van der Waals surface area contributed by atoms with E-state index in [-0.39, 0.29) is 5.69 Å².